The number of hydrogen-bond acceptors (Lipinski definition) is 4. The molecule has 0 spiro atoms. The summed E-state index contributed by atoms with van der Waals surface area (Å²) in [5.41, 5.74) is 2.21. The monoisotopic (exact) mass is 281 g/mol. The van der Waals surface area contributed by atoms with Crippen molar-refractivity contribution >= 4 is 11.3 Å². The highest BCUT2D eigenvalue weighted by Gasteiger charge is 2.36. The van der Waals surface area contributed by atoms with Crippen molar-refractivity contribution in [1.29, 1.82) is 0 Å². The third kappa shape index (κ3) is 3.77. The quantitative estimate of drug-likeness (QED) is 0.899. The van der Waals surface area contributed by atoms with Gasteiger partial charge in [-0.25, -0.2) is 0 Å². The first-order valence-corrected chi connectivity index (χ1v) is 8.27. The molecule has 0 amide bonds. The normalized spacial score (nSPS) is 29.0. The van der Waals surface area contributed by atoms with Crippen molar-refractivity contribution in [1.82, 2.24) is 15.2 Å². The van der Waals surface area contributed by atoms with Crippen molar-refractivity contribution in [2.45, 2.75) is 58.7 Å². The zero-order valence-electron chi connectivity index (χ0n) is 12.6. The van der Waals surface area contributed by atoms with Gasteiger partial charge in [-0.05, 0) is 25.7 Å². The molecule has 108 valence electrons. The van der Waals surface area contributed by atoms with Crippen molar-refractivity contribution in [3.8, 4) is 0 Å². The number of rotatable bonds is 5. The molecule has 2 heterocycles. The van der Waals surface area contributed by atoms with Gasteiger partial charge in [-0.1, -0.05) is 20.8 Å². The van der Waals surface area contributed by atoms with Crippen LogP contribution in [-0.4, -0.2) is 34.6 Å². The van der Waals surface area contributed by atoms with E-state index < -0.39 is 0 Å². The van der Waals surface area contributed by atoms with E-state index >= 15 is 0 Å². The van der Waals surface area contributed by atoms with E-state index in [4.69, 9.17) is 0 Å². The van der Waals surface area contributed by atoms with Crippen LogP contribution in [0.1, 0.15) is 45.4 Å². The number of nitrogens with zero attached hydrogens (tertiary/aromatic N) is 2. The maximum atomic E-state index is 4.20. The molecule has 19 heavy (non-hydrogen) atoms. The van der Waals surface area contributed by atoms with E-state index in [1.165, 1.54) is 17.7 Å². The van der Waals surface area contributed by atoms with E-state index in [9.17, 15) is 0 Å². The zero-order chi connectivity index (χ0) is 13.9. The number of thiazole rings is 1. The molecule has 2 rings (SSSR count). The van der Waals surface area contributed by atoms with Gasteiger partial charge in [0.05, 0.1) is 5.51 Å². The summed E-state index contributed by atoms with van der Waals surface area (Å²) in [5.74, 6) is 0.758. The van der Waals surface area contributed by atoms with Gasteiger partial charge in [0.25, 0.3) is 0 Å². The minimum Gasteiger partial charge on any atom is -0.311 e. The predicted octanol–water partition coefficient (Wildman–Crippen LogP) is 3.13. The lowest BCUT2D eigenvalue weighted by Gasteiger charge is -2.48. The van der Waals surface area contributed by atoms with Gasteiger partial charge in [-0.15, -0.1) is 11.3 Å². The Morgan fingerprint density at radius 3 is 2.95 bits per heavy atom. The Labute approximate surface area is 121 Å². The highest BCUT2D eigenvalue weighted by Crippen LogP contribution is 2.27. The Hall–Kier alpha value is -0.450. The molecule has 2 unspecified atom stereocenters. The molecule has 0 radical (unpaired) electrons. The fourth-order valence-corrected chi connectivity index (χ4v) is 3.48. The summed E-state index contributed by atoms with van der Waals surface area (Å²) >= 11 is 1.77. The average molecular weight is 281 g/mol. The number of aromatic nitrogens is 1. The highest BCUT2D eigenvalue weighted by molar-refractivity contribution is 7.09. The van der Waals surface area contributed by atoms with Gasteiger partial charge in [0.15, 0.2) is 0 Å². The van der Waals surface area contributed by atoms with E-state index in [1.54, 1.807) is 11.3 Å². The molecule has 1 aliphatic heterocycles. The lowest BCUT2D eigenvalue weighted by atomic mass is 9.90. The molecule has 1 aromatic heterocycles. The van der Waals surface area contributed by atoms with Gasteiger partial charge in [0.2, 0.25) is 0 Å². The third-order valence-corrected chi connectivity index (χ3v) is 5.09. The Morgan fingerprint density at radius 2 is 2.37 bits per heavy atom. The lowest BCUT2D eigenvalue weighted by Crippen LogP contribution is -2.62. The van der Waals surface area contributed by atoms with Gasteiger partial charge >= 0.3 is 0 Å². The number of nitrogens with one attached hydrogen (secondary N) is 1. The molecular formula is C15H27N3S. The van der Waals surface area contributed by atoms with Crippen molar-refractivity contribution in [3.63, 3.8) is 0 Å². The molecule has 0 aliphatic carbocycles. The van der Waals surface area contributed by atoms with Gasteiger partial charge < -0.3 is 5.32 Å². The van der Waals surface area contributed by atoms with Crippen molar-refractivity contribution in [3.05, 3.63) is 16.6 Å². The fourth-order valence-electron chi connectivity index (χ4n) is 2.87. The summed E-state index contributed by atoms with van der Waals surface area (Å²) in [5, 5.41) is 3.75. The Bertz CT molecular complexity index is 377. The minimum atomic E-state index is 0.275. The second kappa shape index (κ2) is 6.33. The van der Waals surface area contributed by atoms with Crippen LogP contribution >= 0.6 is 11.3 Å². The topological polar surface area (TPSA) is 28.2 Å². The second-order valence-electron chi connectivity index (χ2n) is 6.41. The summed E-state index contributed by atoms with van der Waals surface area (Å²) < 4.78 is 0. The molecule has 4 heteroatoms. The van der Waals surface area contributed by atoms with E-state index in [1.807, 2.05) is 11.7 Å². The average Bonchev–Trinajstić information content (AvgIpc) is 2.86. The van der Waals surface area contributed by atoms with Crippen LogP contribution in [0.4, 0.5) is 0 Å². The summed E-state index contributed by atoms with van der Waals surface area (Å²) in [6.45, 7) is 12.6. The summed E-state index contributed by atoms with van der Waals surface area (Å²) in [4.78, 5) is 8.24. The smallest absolute Gasteiger partial charge is 0.0794 e. The molecule has 1 saturated heterocycles. The first-order valence-electron chi connectivity index (χ1n) is 7.39. The summed E-state index contributed by atoms with van der Waals surface area (Å²) in [6.07, 6.45) is 4.46. The van der Waals surface area contributed by atoms with Gasteiger partial charge in [0.1, 0.15) is 0 Å². The van der Waals surface area contributed by atoms with Crippen LogP contribution in [0, 0.1) is 5.92 Å². The van der Waals surface area contributed by atoms with E-state index in [-0.39, 0.29) is 5.54 Å². The van der Waals surface area contributed by atoms with E-state index in [0.29, 0.717) is 6.04 Å². The first kappa shape index (κ1) is 14.9. The van der Waals surface area contributed by atoms with Gasteiger partial charge in [0, 0.05) is 42.3 Å². The first-order chi connectivity index (χ1) is 9.03. The second-order valence-corrected chi connectivity index (χ2v) is 7.38. The molecule has 1 fully saturated rings. The molecule has 1 N–H and O–H groups in total. The molecule has 0 saturated carbocycles. The third-order valence-electron chi connectivity index (χ3n) is 4.32. The van der Waals surface area contributed by atoms with E-state index in [0.717, 1.165) is 25.6 Å². The number of hydrogen-bond donors (Lipinski definition) is 1. The maximum Gasteiger partial charge on any atom is 0.0794 e. The zero-order valence-corrected chi connectivity index (χ0v) is 13.5. The SMILES string of the molecule is CCC1(C)CNC(CC(C)C)CN1Cc1cncs1. The van der Waals surface area contributed by atoms with E-state index in [2.05, 4.69) is 42.9 Å². The molecular weight excluding hydrogens is 254 g/mol. The molecule has 3 nitrogen and oxygen atoms in total. The van der Waals surface area contributed by atoms with Crippen LogP contribution in [0.3, 0.4) is 0 Å². The van der Waals surface area contributed by atoms with Gasteiger partial charge in [-0.3, -0.25) is 9.88 Å². The minimum absolute atomic E-state index is 0.275. The fraction of sp³-hybridized carbons (Fsp3) is 0.800. The number of piperazine rings is 1. The van der Waals surface area contributed by atoms with Crippen LogP contribution in [-0.2, 0) is 6.54 Å². The largest absolute Gasteiger partial charge is 0.311 e. The van der Waals surface area contributed by atoms with Crippen molar-refractivity contribution < 1.29 is 0 Å². The molecule has 2 atom stereocenters. The lowest BCUT2D eigenvalue weighted by molar-refractivity contribution is 0.0380. The highest BCUT2D eigenvalue weighted by atomic mass is 32.1. The predicted molar refractivity (Wildman–Crippen MR) is 82.5 cm³/mol. The molecule has 0 aromatic carbocycles. The van der Waals surface area contributed by atoms with Crippen LogP contribution < -0.4 is 5.32 Å². The Balaban J connectivity index is 2.04. The standard InChI is InChI=1S/C15H27N3S/c1-5-15(4)10-17-13(6-12(2)3)8-18(15)9-14-7-16-11-19-14/h7,11-13,17H,5-6,8-10H2,1-4H3. The Kier molecular flexibility index (Phi) is 4.98. The maximum absolute atomic E-state index is 4.20. The van der Waals surface area contributed by atoms with Crippen LogP contribution in [0.2, 0.25) is 0 Å². The molecule has 1 aliphatic rings. The van der Waals surface area contributed by atoms with Crippen LogP contribution in [0.15, 0.2) is 11.7 Å². The van der Waals surface area contributed by atoms with Crippen LogP contribution in [0.25, 0.3) is 0 Å². The summed E-state index contributed by atoms with van der Waals surface area (Å²) in [7, 11) is 0. The molecule has 1 aromatic rings. The van der Waals surface area contributed by atoms with Crippen molar-refractivity contribution in [2.24, 2.45) is 5.92 Å². The van der Waals surface area contributed by atoms with Crippen LogP contribution in [0.5, 0.6) is 0 Å². The Morgan fingerprint density at radius 1 is 1.58 bits per heavy atom. The van der Waals surface area contributed by atoms with Crippen molar-refractivity contribution in [2.75, 3.05) is 13.1 Å². The molecule has 0 bridgehead atoms. The van der Waals surface area contributed by atoms with Gasteiger partial charge in [-0.2, -0.15) is 0 Å². The summed E-state index contributed by atoms with van der Waals surface area (Å²) in [6, 6.07) is 0.632.